The summed E-state index contributed by atoms with van der Waals surface area (Å²) in [6, 6.07) is 10.0. The van der Waals surface area contributed by atoms with E-state index in [0.717, 1.165) is 6.42 Å². The lowest BCUT2D eigenvalue weighted by molar-refractivity contribution is 0.0686. The Morgan fingerprint density at radius 3 is 2.76 bits per heavy atom. The molecule has 0 fully saturated rings. The van der Waals surface area contributed by atoms with Crippen LogP contribution in [-0.4, -0.2) is 32.5 Å². The van der Waals surface area contributed by atoms with Gasteiger partial charge in [0.1, 0.15) is 0 Å². The third kappa shape index (κ3) is 4.03. The molecule has 21 heavy (non-hydrogen) atoms. The number of hydrogen-bond donors (Lipinski definition) is 3. The molecule has 2 aromatic rings. The van der Waals surface area contributed by atoms with Crippen molar-refractivity contribution in [3.8, 4) is 0 Å². The van der Waals surface area contributed by atoms with Gasteiger partial charge >= 0.3 is 5.97 Å². The van der Waals surface area contributed by atoms with Crippen LogP contribution >= 0.6 is 12.2 Å². The second-order valence-corrected chi connectivity index (χ2v) is 4.86. The van der Waals surface area contributed by atoms with E-state index in [1.54, 1.807) is 7.05 Å². The van der Waals surface area contributed by atoms with Gasteiger partial charge in [-0.3, -0.25) is 4.68 Å². The second kappa shape index (κ2) is 6.85. The monoisotopic (exact) mass is 304 g/mol. The molecule has 0 saturated carbocycles. The van der Waals surface area contributed by atoms with Gasteiger partial charge < -0.3 is 15.7 Å². The highest BCUT2D eigenvalue weighted by Crippen LogP contribution is 2.13. The number of anilines is 1. The molecule has 1 aromatic carbocycles. The number of nitrogens with zero attached hydrogens (tertiary/aromatic N) is 2. The molecular formula is C14H16N4O2S. The van der Waals surface area contributed by atoms with Gasteiger partial charge in [0.15, 0.2) is 10.8 Å². The van der Waals surface area contributed by atoms with E-state index in [1.165, 1.54) is 16.4 Å². The van der Waals surface area contributed by atoms with E-state index in [-0.39, 0.29) is 5.69 Å². The number of carbonyl (C=O) groups is 1. The number of carboxylic acids is 1. The van der Waals surface area contributed by atoms with Crippen LogP contribution in [0.2, 0.25) is 0 Å². The topological polar surface area (TPSA) is 79.2 Å². The van der Waals surface area contributed by atoms with Crippen molar-refractivity contribution in [3.05, 3.63) is 47.8 Å². The Balaban J connectivity index is 1.86. The van der Waals surface area contributed by atoms with Crippen molar-refractivity contribution in [2.75, 3.05) is 11.9 Å². The van der Waals surface area contributed by atoms with Crippen LogP contribution in [0.4, 0.5) is 5.69 Å². The first-order valence-corrected chi connectivity index (χ1v) is 6.83. The maximum atomic E-state index is 11.1. The molecule has 0 aliphatic heterocycles. The number of rotatable bonds is 5. The van der Waals surface area contributed by atoms with Gasteiger partial charge in [-0.2, -0.15) is 5.10 Å². The normalized spacial score (nSPS) is 10.1. The van der Waals surface area contributed by atoms with Gasteiger partial charge in [0.05, 0.1) is 11.9 Å². The van der Waals surface area contributed by atoms with Gasteiger partial charge in [0.25, 0.3) is 0 Å². The number of nitrogens with one attached hydrogen (secondary N) is 2. The van der Waals surface area contributed by atoms with Gasteiger partial charge in [-0.25, -0.2) is 4.79 Å². The van der Waals surface area contributed by atoms with Crippen molar-refractivity contribution in [2.45, 2.75) is 6.42 Å². The quantitative estimate of drug-likeness (QED) is 0.729. The number of thiocarbonyl (C=S) groups is 1. The van der Waals surface area contributed by atoms with Gasteiger partial charge in [-0.15, -0.1) is 0 Å². The molecule has 0 unspecified atom stereocenters. The Morgan fingerprint density at radius 1 is 1.38 bits per heavy atom. The molecule has 3 N–H and O–H groups in total. The zero-order valence-corrected chi connectivity index (χ0v) is 12.4. The van der Waals surface area contributed by atoms with Crippen LogP contribution in [0.15, 0.2) is 36.5 Å². The largest absolute Gasteiger partial charge is 0.476 e. The van der Waals surface area contributed by atoms with Crippen LogP contribution in [0.5, 0.6) is 0 Å². The molecule has 7 heteroatoms. The number of aromatic nitrogens is 2. The lowest BCUT2D eigenvalue weighted by Crippen LogP contribution is -2.30. The molecule has 0 radical (unpaired) electrons. The SMILES string of the molecule is Cn1ncc(NC(=S)NCCc2ccccc2)c1C(=O)O. The molecule has 1 aromatic heterocycles. The number of carboxylic acid groups (broad SMARTS) is 1. The van der Waals surface area contributed by atoms with Crippen molar-refractivity contribution in [3.63, 3.8) is 0 Å². The molecule has 0 atom stereocenters. The maximum absolute atomic E-state index is 11.1. The van der Waals surface area contributed by atoms with Gasteiger partial charge in [-0.1, -0.05) is 30.3 Å². The van der Waals surface area contributed by atoms with E-state index in [4.69, 9.17) is 17.3 Å². The van der Waals surface area contributed by atoms with Crippen LogP contribution in [0, 0.1) is 0 Å². The van der Waals surface area contributed by atoms with Crippen molar-refractivity contribution in [1.82, 2.24) is 15.1 Å². The zero-order chi connectivity index (χ0) is 15.2. The highest BCUT2D eigenvalue weighted by atomic mass is 32.1. The standard InChI is InChI=1S/C14H16N4O2S/c1-18-12(13(19)20)11(9-16-18)17-14(21)15-8-7-10-5-3-2-4-6-10/h2-6,9H,7-8H2,1H3,(H,19,20)(H2,15,17,21). The summed E-state index contributed by atoms with van der Waals surface area (Å²) in [7, 11) is 1.57. The Kier molecular flexibility index (Phi) is 4.89. The molecule has 0 saturated heterocycles. The Labute approximate surface area is 127 Å². The second-order valence-electron chi connectivity index (χ2n) is 4.45. The molecule has 2 rings (SSSR count). The van der Waals surface area contributed by atoms with Gasteiger partial charge in [0, 0.05) is 13.6 Å². The third-order valence-corrected chi connectivity index (χ3v) is 3.18. The Bertz CT molecular complexity index is 640. The molecule has 0 aliphatic rings. The van der Waals surface area contributed by atoms with Gasteiger partial charge in [-0.05, 0) is 24.2 Å². The van der Waals surface area contributed by atoms with Crippen LogP contribution in [0.25, 0.3) is 0 Å². The summed E-state index contributed by atoms with van der Waals surface area (Å²) in [5, 5.41) is 19.3. The summed E-state index contributed by atoms with van der Waals surface area (Å²) in [4.78, 5) is 11.1. The fourth-order valence-corrected chi connectivity index (χ4v) is 2.13. The molecule has 0 spiro atoms. The van der Waals surface area contributed by atoms with Crippen molar-refractivity contribution < 1.29 is 9.90 Å². The minimum Gasteiger partial charge on any atom is -0.476 e. The molecule has 0 amide bonds. The average Bonchev–Trinajstić information content (AvgIpc) is 2.81. The predicted molar refractivity (Wildman–Crippen MR) is 84.5 cm³/mol. The lowest BCUT2D eigenvalue weighted by Gasteiger charge is -2.10. The molecular weight excluding hydrogens is 288 g/mol. The van der Waals surface area contributed by atoms with E-state index >= 15 is 0 Å². The maximum Gasteiger partial charge on any atom is 0.356 e. The number of aromatic carboxylic acids is 1. The summed E-state index contributed by atoms with van der Waals surface area (Å²) in [6.45, 7) is 0.665. The van der Waals surface area contributed by atoms with Crippen molar-refractivity contribution >= 4 is 29.0 Å². The smallest absolute Gasteiger partial charge is 0.356 e. The van der Waals surface area contributed by atoms with E-state index in [1.807, 2.05) is 30.3 Å². The predicted octanol–water partition coefficient (Wildman–Crippen LogP) is 1.65. The van der Waals surface area contributed by atoms with Crippen LogP contribution < -0.4 is 10.6 Å². The minimum atomic E-state index is -1.05. The molecule has 6 nitrogen and oxygen atoms in total. The first-order valence-electron chi connectivity index (χ1n) is 6.42. The van der Waals surface area contributed by atoms with Crippen LogP contribution in [0.1, 0.15) is 16.1 Å². The van der Waals surface area contributed by atoms with E-state index in [0.29, 0.717) is 17.3 Å². The first-order chi connectivity index (χ1) is 10.1. The van der Waals surface area contributed by atoms with Crippen LogP contribution in [0.3, 0.4) is 0 Å². The van der Waals surface area contributed by atoms with E-state index < -0.39 is 5.97 Å². The summed E-state index contributed by atoms with van der Waals surface area (Å²) >= 11 is 5.15. The summed E-state index contributed by atoms with van der Waals surface area (Å²) in [6.07, 6.45) is 2.27. The average molecular weight is 304 g/mol. The number of aryl methyl sites for hydroxylation is 1. The summed E-state index contributed by atoms with van der Waals surface area (Å²) < 4.78 is 1.29. The summed E-state index contributed by atoms with van der Waals surface area (Å²) in [5.41, 5.74) is 1.66. The number of benzene rings is 1. The van der Waals surface area contributed by atoms with Crippen molar-refractivity contribution in [1.29, 1.82) is 0 Å². The fraction of sp³-hybridized carbons (Fsp3) is 0.214. The highest BCUT2D eigenvalue weighted by Gasteiger charge is 2.16. The summed E-state index contributed by atoms with van der Waals surface area (Å²) in [5.74, 6) is -1.05. The van der Waals surface area contributed by atoms with E-state index in [9.17, 15) is 4.79 Å². The number of hydrogen-bond acceptors (Lipinski definition) is 3. The highest BCUT2D eigenvalue weighted by molar-refractivity contribution is 7.80. The Hall–Kier alpha value is -2.41. The first kappa shape index (κ1) is 15.0. The van der Waals surface area contributed by atoms with Crippen molar-refractivity contribution in [2.24, 2.45) is 7.05 Å². The van der Waals surface area contributed by atoms with Crippen LogP contribution in [-0.2, 0) is 13.5 Å². The minimum absolute atomic E-state index is 0.0715. The molecule has 0 bridgehead atoms. The Morgan fingerprint density at radius 2 is 2.10 bits per heavy atom. The molecule has 1 heterocycles. The molecule has 110 valence electrons. The molecule has 0 aliphatic carbocycles. The third-order valence-electron chi connectivity index (χ3n) is 2.93. The lowest BCUT2D eigenvalue weighted by atomic mass is 10.1. The zero-order valence-electron chi connectivity index (χ0n) is 11.5. The van der Waals surface area contributed by atoms with Gasteiger partial charge in [0.2, 0.25) is 0 Å². The fourth-order valence-electron chi connectivity index (χ4n) is 1.91. The van der Waals surface area contributed by atoms with E-state index in [2.05, 4.69) is 15.7 Å².